The van der Waals surface area contributed by atoms with Gasteiger partial charge in [-0.3, -0.25) is 9.79 Å². The highest BCUT2D eigenvalue weighted by molar-refractivity contribution is 6.31. The van der Waals surface area contributed by atoms with Gasteiger partial charge in [0.15, 0.2) is 0 Å². The van der Waals surface area contributed by atoms with Crippen LogP contribution in [0, 0.1) is 40.3 Å². The number of benzene rings is 1. The Morgan fingerprint density at radius 1 is 1.31 bits per heavy atom. The number of aliphatic carboxylic acids is 1. The first-order valence-corrected chi connectivity index (χ1v) is 10.9. The van der Waals surface area contributed by atoms with Crippen molar-refractivity contribution in [3.05, 3.63) is 34.6 Å². The Hall–Kier alpha value is -1.93. The van der Waals surface area contributed by atoms with Crippen LogP contribution in [0.3, 0.4) is 0 Å². The van der Waals surface area contributed by atoms with Crippen LogP contribution in [0.25, 0.3) is 0 Å². The van der Waals surface area contributed by atoms with Crippen molar-refractivity contribution in [1.29, 1.82) is 5.26 Å². The van der Waals surface area contributed by atoms with E-state index in [4.69, 9.17) is 16.6 Å². The molecule has 154 valence electrons. The summed E-state index contributed by atoms with van der Waals surface area (Å²) in [4.78, 5) is 17.8. The third-order valence-corrected chi connectivity index (χ3v) is 7.32. The highest BCUT2D eigenvalue weighted by atomic mass is 35.5. The third kappa shape index (κ3) is 3.80. The van der Waals surface area contributed by atoms with Crippen LogP contribution >= 0.6 is 11.6 Å². The quantitative estimate of drug-likeness (QED) is 0.628. The molecule has 2 aliphatic carbocycles. The minimum absolute atomic E-state index is 0.187. The van der Waals surface area contributed by atoms with E-state index in [0.717, 1.165) is 19.3 Å². The molecule has 0 radical (unpaired) electrons. The summed E-state index contributed by atoms with van der Waals surface area (Å²) in [5, 5.41) is 20.8. The fourth-order valence-corrected chi connectivity index (χ4v) is 5.40. The Bertz CT molecular complexity index is 887. The third-order valence-electron chi connectivity index (χ3n) is 7.00. The first kappa shape index (κ1) is 20.3. The van der Waals surface area contributed by atoms with Crippen LogP contribution in [0.15, 0.2) is 23.2 Å². The molecule has 0 bridgehead atoms. The van der Waals surface area contributed by atoms with E-state index in [9.17, 15) is 19.6 Å². The number of hydrogen-bond donors (Lipinski definition) is 1. The van der Waals surface area contributed by atoms with Gasteiger partial charge in [0.2, 0.25) is 0 Å². The van der Waals surface area contributed by atoms with Gasteiger partial charge in [-0.2, -0.15) is 5.26 Å². The second-order valence-corrected chi connectivity index (χ2v) is 9.46. The molecule has 4 rings (SSSR count). The summed E-state index contributed by atoms with van der Waals surface area (Å²) in [5.74, 6) is -1.71. The minimum Gasteiger partial charge on any atom is -0.481 e. The van der Waals surface area contributed by atoms with Crippen LogP contribution in [-0.2, 0) is 4.79 Å². The average molecular weight is 417 g/mol. The summed E-state index contributed by atoms with van der Waals surface area (Å²) < 4.78 is 13.7. The van der Waals surface area contributed by atoms with Gasteiger partial charge in [-0.1, -0.05) is 43.4 Å². The number of carbonyl (C=O) groups is 1. The summed E-state index contributed by atoms with van der Waals surface area (Å²) in [6.07, 6.45) is 6.57. The van der Waals surface area contributed by atoms with E-state index in [2.05, 4.69) is 6.07 Å². The summed E-state index contributed by atoms with van der Waals surface area (Å²) in [5.41, 5.74) is 0.0111. The van der Waals surface area contributed by atoms with Crippen molar-refractivity contribution >= 4 is 23.3 Å². The molecule has 4 atom stereocenters. The van der Waals surface area contributed by atoms with E-state index >= 15 is 0 Å². The van der Waals surface area contributed by atoms with Gasteiger partial charge in [0.1, 0.15) is 5.82 Å². The summed E-state index contributed by atoms with van der Waals surface area (Å²) in [7, 11) is 0. The molecule has 1 N–H and O–H groups in total. The van der Waals surface area contributed by atoms with Crippen LogP contribution in [0.4, 0.5) is 4.39 Å². The molecule has 1 heterocycles. The lowest BCUT2D eigenvalue weighted by Crippen LogP contribution is -2.53. The molecule has 4 unspecified atom stereocenters. The molecule has 3 aliphatic rings. The molecule has 29 heavy (non-hydrogen) atoms. The van der Waals surface area contributed by atoms with E-state index in [0.29, 0.717) is 36.0 Å². The van der Waals surface area contributed by atoms with Crippen molar-refractivity contribution in [2.75, 3.05) is 0 Å². The zero-order chi connectivity index (χ0) is 20.8. The number of hydrogen-bond acceptors (Lipinski definition) is 3. The van der Waals surface area contributed by atoms with E-state index in [-0.39, 0.29) is 5.02 Å². The molecule has 2 fully saturated rings. The predicted octanol–water partition coefficient (Wildman–Crippen LogP) is 5.61. The molecule has 1 aromatic carbocycles. The van der Waals surface area contributed by atoms with Crippen molar-refractivity contribution < 1.29 is 14.3 Å². The van der Waals surface area contributed by atoms with Crippen molar-refractivity contribution in [2.45, 2.75) is 63.8 Å². The fourth-order valence-electron chi connectivity index (χ4n) is 5.11. The smallest absolute Gasteiger partial charge is 0.312 e. The van der Waals surface area contributed by atoms with E-state index in [1.165, 1.54) is 25.0 Å². The number of rotatable bonds is 7. The molecule has 0 spiro atoms. The van der Waals surface area contributed by atoms with Gasteiger partial charge >= 0.3 is 5.97 Å². The van der Waals surface area contributed by atoms with Gasteiger partial charge in [-0.25, -0.2) is 4.39 Å². The average Bonchev–Trinajstić information content (AvgIpc) is 3.57. The zero-order valence-electron chi connectivity index (χ0n) is 16.6. The van der Waals surface area contributed by atoms with Crippen LogP contribution in [0.5, 0.6) is 0 Å². The molecular formula is C23H26ClFN2O2. The molecule has 2 saturated carbocycles. The van der Waals surface area contributed by atoms with Crippen LogP contribution in [0.2, 0.25) is 5.02 Å². The molecule has 0 saturated heterocycles. The lowest BCUT2D eigenvalue weighted by Gasteiger charge is -2.47. The van der Waals surface area contributed by atoms with Crippen molar-refractivity contribution in [3.63, 3.8) is 0 Å². The maximum Gasteiger partial charge on any atom is 0.312 e. The maximum atomic E-state index is 13.7. The highest BCUT2D eigenvalue weighted by Crippen LogP contribution is 2.57. The van der Waals surface area contributed by atoms with Gasteiger partial charge in [0.25, 0.3) is 0 Å². The first-order valence-electron chi connectivity index (χ1n) is 10.5. The Morgan fingerprint density at radius 3 is 2.55 bits per heavy atom. The van der Waals surface area contributed by atoms with Gasteiger partial charge < -0.3 is 5.11 Å². The Morgan fingerprint density at radius 2 is 2.00 bits per heavy atom. The maximum absolute atomic E-state index is 13.7. The topological polar surface area (TPSA) is 73.4 Å². The molecule has 4 nitrogen and oxygen atoms in total. The van der Waals surface area contributed by atoms with Gasteiger partial charge in [-0.05, 0) is 55.7 Å². The summed E-state index contributed by atoms with van der Waals surface area (Å²) >= 11 is 6.42. The Balaban J connectivity index is 1.87. The Labute approximate surface area is 175 Å². The summed E-state index contributed by atoms with van der Waals surface area (Å²) in [6.45, 7) is 1.81. The van der Waals surface area contributed by atoms with Crippen molar-refractivity contribution in [2.24, 2.45) is 28.2 Å². The second-order valence-electron chi connectivity index (χ2n) is 9.05. The normalized spacial score (nSPS) is 31.8. The Kier molecular flexibility index (Phi) is 5.42. The number of nitrogens with zero attached hydrogens (tertiary/aromatic N) is 2. The fraction of sp³-hybridized carbons (Fsp3) is 0.609. The lowest BCUT2D eigenvalue weighted by atomic mass is 9.57. The van der Waals surface area contributed by atoms with Crippen LogP contribution in [-0.4, -0.2) is 22.8 Å². The standard InChI is InChI=1S/C23H26ClFN2O2/c1-13-18(12-26)21(17-8-7-16(25)10-19(17)24)23(22(28)29,11-15-4-5-15)20(27-13)9-6-14-2-3-14/h7-8,10,14-15,18,20-21H,2-6,9,11H2,1H3,(H,28,29). The van der Waals surface area contributed by atoms with E-state index in [1.807, 2.05) is 6.92 Å². The lowest BCUT2D eigenvalue weighted by molar-refractivity contribution is -0.154. The van der Waals surface area contributed by atoms with E-state index < -0.39 is 35.1 Å². The van der Waals surface area contributed by atoms with Gasteiger partial charge in [-0.15, -0.1) is 0 Å². The monoisotopic (exact) mass is 416 g/mol. The van der Waals surface area contributed by atoms with E-state index in [1.54, 1.807) is 6.07 Å². The second kappa shape index (κ2) is 7.72. The number of carboxylic acid groups (broad SMARTS) is 1. The molecule has 6 heteroatoms. The number of aliphatic imine (C=N–C) groups is 1. The van der Waals surface area contributed by atoms with Crippen LogP contribution in [0.1, 0.15) is 63.4 Å². The SMILES string of the molecule is CC1=NC(CCC2CC2)C(CC2CC2)(C(=O)O)C(c2ccc(F)cc2Cl)C1C#N. The number of carboxylic acids is 1. The minimum atomic E-state index is -1.20. The summed E-state index contributed by atoms with van der Waals surface area (Å²) in [6, 6.07) is 5.99. The van der Waals surface area contributed by atoms with Crippen LogP contribution < -0.4 is 0 Å². The highest BCUT2D eigenvalue weighted by Gasteiger charge is 2.59. The number of halogens is 2. The molecule has 1 aromatic rings. The zero-order valence-corrected chi connectivity index (χ0v) is 17.3. The molecular weight excluding hydrogens is 391 g/mol. The predicted molar refractivity (Wildman–Crippen MR) is 110 cm³/mol. The number of nitriles is 1. The molecule has 1 aliphatic heterocycles. The molecule has 0 aromatic heterocycles. The first-order chi connectivity index (χ1) is 13.9. The largest absolute Gasteiger partial charge is 0.481 e. The molecule has 0 amide bonds. The van der Waals surface area contributed by atoms with Gasteiger partial charge in [0.05, 0.1) is 23.4 Å². The van der Waals surface area contributed by atoms with Crippen molar-refractivity contribution in [3.8, 4) is 6.07 Å². The van der Waals surface area contributed by atoms with Crippen molar-refractivity contribution in [1.82, 2.24) is 0 Å². The van der Waals surface area contributed by atoms with Gasteiger partial charge in [0, 0.05) is 16.7 Å².